The number of esters is 1. The van der Waals surface area contributed by atoms with Gasteiger partial charge in [0.25, 0.3) is 5.91 Å². The van der Waals surface area contributed by atoms with Crippen molar-refractivity contribution in [1.82, 2.24) is 14.5 Å². The van der Waals surface area contributed by atoms with Gasteiger partial charge in [-0.05, 0) is 13.8 Å². The first-order valence-corrected chi connectivity index (χ1v) is 8.50. The number of rotatable bonds is 5. The molecule has 3 heterocycles. The maximum absolute atomic E-state index is 11.8. The highest BCUT2D eigenvalue weighted by Gasteiger charge is 2.45. The van der Waals surface area contributed by atoms with E-state index in [0.29, 0.717) is 5.82 Å². The maximum Gasteiger partial charge on any atom is 0.322 e. The Kier molecular flexibility index (Phi) is 5.21. The Hall–Kier alpha value is -2.80. The Bertz CT molecular complexity index is 928. The molecule has 3 rings (SSSR count). The zero-order valence-corrected chi connectivity index (χ0v) is 15.3. The van der Waals surface area contributed by atoms with Crippen LogP contribution in [0.15, 0.2) is 6.20 Å². The van der Waals surface area contributed by atoms with Crippen LogP contribution < -0.4 is 17.2 Å². The van der Waals surface area contributed by atoms with Gasteiger partial charge < -0.3 is 41.5 Å². The van der Waals surface area contributed by atoms with Crippen LogP contribution in [0.4, 0.5) is 5.82 Å². The summed E-state index contributed by atoms with van der Waals surface area (Å²) in [6, 6.07) is -0.839. The lowest BCUT2D eigenvalue weighted by molar-refractivity contribution is -0.151. The van der Waals surface area contributed by atoms with Gasteiger partial charge in [0.2, 0.25) is 0 Å². The standard InChI is InChI=1S/C16H22N6O6/c1-5(17)16(26)27-4-8-10(23)11(24)15(28-8)22-3-7(13(19)25)9-12(18)20-6(2)21-14(9)22/h3,5,8,10-11,15,23-24H,4,17H2,1-2H3,(H2,19,25)(H2,18,20,21)/t5-,8+,10+,11+,15+/m0/s1. The molecular weight excluding hydrogens is 372 g/mol. The Balaban J connectivity index is 1.96. The van der Waals surface area contributed by atoms with Crippen LogP contribution in [-0.2, 0) is 14.3 Å². The minimum Gasteiger partial charge on any atom is -0.462 e. The van der Waals surface area contributed by atoms with Gasteiger partial charge in [0.05, 0.1) is 10.9 Å². The summed E-state index contributed by atoms with van der Waals surface area (Å²) in [7, 11) is 0. The first-order valence-electron chi connectivity index (χ1n) is 8.50. The van der Waals surface area contributed by atoms with Crippen molar-refractivity contribution in [1.29, 1.82) is 0 Å². The van der Waals surface area contributed by atoms with E-state index in [9.17, 15) is 19.8 Å². The number of hydrogen-bond donors (Lipinski definition) is 5. The maximum atomic E-state index is 11.8. The predicted molar refractivity (Wildman–Crippen MR) is 95.7 cm³/mol. The van der Waals surface area contributed by atoms with Gasteiger partial charge in [-0.3, -0.25) is 9.59 Å². The summed E-state index contributed by atoms with van der Waals surface area (Å²) in [5, 5.41) is 20.9. The number of ether oxygens (including phenoxy) is 2. The van der Waals surface area contributed by atoms with E-state index in [1.165, 1.54) is 17.7 Å². The molecule has 1 amide bonds. The Morgan fingerprint density at radius 2 is 2.04 bits per heavy atom. The number of aromatic nitrogens is 3. The first-order chi connectivity index (χ1) is 13.1. The number of aryl methyl sites for hydroxylation is 1. The van der Waals surface area contributed by atoms with E-state index in [1.54, 1.807) is 6.92 Å². The van der Waals surface area contributed by atoms with E-state index in [4.69, 9.17) is 26.7 Å². The lowest BCUT2D eigenvalue weighted by atomic mass is 10.1. The highest BCUT2D eigenvalue weighted by molar-refractivity contribution is 6.08. The number of nitrogens with two attached hydrogens (primary N) is 3. The second kappa shape index (κ2) is 7.31. The van der Waals surface area contributed by atoms with Crippen LogP contribution in [0, 0.1) is 6.92 Å². The lowest BCUT2D eigenvalue weighted by Crippen LogP contribution is -2.36. The van der Waals surface area contributed by atoms with E-state index >= 15 is 0 Å². The summed E-state index contributed by atoms with van der Waals surface area (Å²) in [5.74, 6) is -1.06. The van der Waals surface area contributed by atoms with Gasteiger partial charge in [-0.2, -0.15) is 0 Å². The normalized spacial score (nSPS) is 25.8. The molecular formula is C16H22N6O6. The van der Waals surface area contributed by atoms with E-state index in [0.717, 1.165) is 0 Å². The Morgan fingerprint density at radius 3 is 2.64 bits per heavy atom. The molecule has 12 heteroatoms. The number of nitrogen functional groups attached to an aromatic ring is 1. The minimum atomic E-state index is -1.40. The molecule has 0 unspecified atom stereocenters. The van der Waals surface area contributed by atoms with Crippen molar-refractivity contribution in [2.24, 2.45) is 11.5 Å². The number of aliphatic hydroxyl groups is 2. The fourth-order valence-corrected chi connectivity index (χ4v) is 3.06. The summed E-state index contributed by atoms with van der Waals surface area (Å²) in [6.07, 6.45) is -3.57. The van der Waals surface area contributed by atoms with Crippen LogP contribution in [-0.4, -0.2) is 67.6 Å². The van der Waals surface area contributed by atoms with Gasteiger partial charge in [0.1, 0.15) is 48.3 Å². The third kappa shape index (κ3) is 3.38. The van der Waals surface area contributed by atoms with Crippen LogP contribution in [0.2, 0.25) is 0 Å². The number of hydrogen-bond acceptors (Lipinski definition) is 10. The van der Waals surface area contributed by atoms with Crippen molar-refractivity contribution in [2.45, 2.75) is 44.4 Å². The number of aliphatic hydroxyl groups excluding tert-OH is 2. The first kappa shape index (κ1) is 19.9. The third-order valence-electron chi connectivity index (χ3n) is 4.45. The summed E-state index contributed by atoms with van der Waals surface area (Å²) in [4.78, 5) is 31.6. The molecule has 0 aromatic carbocycles. The van der Waals surface area contributed by atoms with Gasteiger partial charge in [-0.1, -0.05) is 0 Å². The number of primary amides is 1. The minimum absolute atomic E-state index is 0.0459. The molecule has 2 aromatic heterocycles. The second-order valence-corrected chi connectivity index (χ2v) is 6.63. The van der Waals surface area contributed by atoms with Crippen LogP contribution >= 0.6 is 0 Å². The van der Waals surface area contributed by atoms with Crippen LogP contribution in [0.3, 0.4) is 0 Å². The monoisotopic (exact) mass is 394 g/mol. The number of carbonyl (C=O) groups is 2. The highest BCUT2D eigenvalue weighted by atomic mass is 16.6. The zero-order valence-electron chi connectivity index (χ0n) is 15.3. The van der Waals surface area contributed by atoms with Crippen LogP contribution in [0.5, 0.6) is 0 Å². The lowest BCUT2D eigenvalue weighted by Gasteiger charge is -2.17. The summed E-state index contributed by atoms with van der Waals surface area (Å²) >= 11 is 0. The predicted octanol–water partition coefficient (Wildman–Crippen LogP) is -2.07. The highest BCUT2D eigenvalue weighted by Crippen LogP contribution is 2.35. The molecule has 0 saturated carbocycles. The van der Waals surface area contributed by atoms with E-state index < -0.39 is 42.5 Å². The molecule has 1 saturated heterocycles. The zero-order chi connectivity index (χ0) is 20.7. The van der Waals surface area contributed by atoms with E-state index in [-0.39, 0.29) is 29.0 Å². The summed E-state index contributed by atoms with van der Waals surface area (Å²) < 4.78 is 12.0. The topological polar surface area (TPSA) is 202 Å². The largest absolute Gasteiger partial charge is 0.462 e. The van der Waals surface area contributed by atoms with Crippen molar-refractivity contribution in [3.05, 3.63) is 17.6 Å². The van der Waals surface area contributed by atoms with Gasteiger partial charge >= 0.3 is 5.97 Å². The van der Waals surface area contributed by atoms with Crippen LogP contribution in [0.1, 0.15) is 29.3 Å². The smallest absolute Gasteiger partial charge is 0.322 e. The number of fused-ring (bicyclic) bond motifs is 1. The molecule has 5 atom stereocenters. The van der Waals surface area contributed by atoms with Gasteiger partial charge in [-0.15, -0.1) is 0 Å². The molecule has 0 radical (unpaired) electrons. The molecule has 1 fully saturated rings. The number of anilines is 1. The van der Waals surface area contributed by atoms with Crippen molar-refractivity contribution in [3.63, 3.8) is 0 Å². The number of nitrogens with zero attached hydrogens (tertiary/aromatic N) is 3. The quantitative estimate of drug-likeness (QED) is 0.351. The van der Waals surface area contributed by atoms with Crippen molar-refractivity contribution in [3.8, 4) is 0 Å². The SMILES string of the molecule is Cc1nc(N)c2c(C(N)=O)cn([C@@H]3O[C@H](COC(=O)[C@H](C)N)[C@@H](O)[C@H]3O)c2n1. The molecule has 2 aromatic rings. The molecule has 28 heavy (non-hydrogen) atoms. The number of amides is 1. The fourth-order valence-electron chi connectivity index (χ4n) is 3.06. The Labute approximate surface area is 159 Å². The summed E-state index contributed by atoms with van der Waals surface area (Å²) in [5.41, 5.74) is 17.0. The number of carbonyl (C=O) groups excluding carboxylic acids is 2. The molecule has 0 bridgehead atoms. The van der Waals surface area contributed by atoms with E-state index in [1.807, 2.05) is 0 Å². The molecule has 1 aliphatic rings. The molecule has 152 valence electrons. The molecule has 12 nitrogen and oxygen atoms in total. The van der Waals surface area contributed by atoms with Crippen molar-refractivity contribution >= 4 is 28.7 Å². The van der Waals surface area contributed by atoms with Crippen molar-refractivity contribution < 1.29 is 29.3 Å². The van der Waals surface area contributed by atoms with Crippen molar-refractivity contribution in [2.75, 3.05) is 12.3 Å². The molecule has 0 spiro atoms. The summed E-state index contributed by atoms with van der Waals surface area (Å²) in [6.45, 7) is 2.75. The average molecular weight is 394 g/mol. The van der Waals surface area contributed by atoms with Crippen LogP contribution in [0.25, 0.3) is 11.0 Å². The van der Waals surface area contributed by atoms with Gasteiger partial charge in [0.15, 0.2) is 6.23 Å². The van der Waals surface area contributed by atoms with Gasteiger partial charge in [-0.25, -0.2) is 9.97 Å². The fraction of sp³-hybridized carbons (Fsp3) is 0.500. The second-order valence-electron chi connectivity index (χ2n) is 6.63. The van der Waals surface area contributed by atoms with E-state index in [2.05, 4.69) is 9.97 Å². The average Bonchev–Trinajstić information content (AvgIpc) is 3.12. The molecule has 1 aliphatic heterocycles. The molecule has 0 aliphatic carbocycles. The Morgan fingerprint density at radius 1 is 1.36 bits per heavy atom. The molecule has 8 N–H and O–H groups in total. The third-order valence-corrected chi connectivity index (χ3v) is 4.45. The van der Waals surface area contributed by atoms with Gasteiger partial charge in [0, 0.05) is 6.20 Å².